The van der Waals surface area contributed by atoms with Crippen LogP contribution in [0.1, 0.15) is 102 Å². The SMILES string of the molecule is CC(=O)C(C)(C)c1cc2cc(C)[nH]c2cc1C.CC(=O)c1ccccc1.CCC.CCCC. The molecule has 0 fully saturated rings. The number of ketones is 2. The highest BCUT2D eigenvalue weighted by atomic mass is 16.1. The van der Waals surface area contributed by atoms with Crippen molar-refractivity contribution in [2.24, 2.45) is 0 Å². The van der Waals surface area contributed by atoms with Gasteiger partial charge in [-0.2, -0.15) is 0 Å². The van der Waals surface area contributed by atoms with Crippen molar-refractivity contribution in [3.8, 4) is 0 Å². The molecule has 182 valence electrons. The molecule has 3 heteroatoms. The Morgan fingerprint density at radius 1 is 0.848 bits per heavy atom. The van der Waals surface area contributed by atoms with Crippen LogP contribution in [0.2, 0.25) is 0 Å². The van der Waals surface area contributed by atoms with Crippen molar-refractivity contribution in [3.05, 3.63) is 70.9 Å². The molecule has 1 heterocycles. The Morgan fingerprint density at radius 2 is 1.36 bits per heavy atom. The van der Waals surface area contributed by atoms with Gasteiger partial charge in [-0.1, -0.05) is 77.3 Å². The van der Waals surface area contributed by atoms with E-state index in [1.54, 1.807) is 13.8 Å². The van der Waals surface area contributed by atoms with Gasteiger partial charge in [0.2, 0.25) is 0 Å². The van der Waals surface area contributed by atoms with Crippen LogP contribution in [0.5, 0.6) is 0 Å². The summed E-state index contributed by atoms with van der Waals surface area (Å²) in [5.74, 6) is 0.322. The van der Waals surface area contributed by atoms with Crippen LogP contribution in [0.15, 0.2) is 48.5 Å². The van der Waals surface area contributed by atoms with Gasteiger partial charge in [0.25, 0.3) is 0 Å². The molecule has 2 aromatic carbocycles. The molecule has 0 saturated carbocycles. The Bertz CT molecular complexity index is 979. The van der Waals surface area contributed by atoms with Gasteiger partial charge in [-0.3, -0.25) is 9.59 Å². The summed E-state index contributed by atoms with van der Waals surface area (Å²) in [6, 6.07) is 15.6. The molecule has 0 aliphatic heterocycles. The smallest absolute Gasteiger partial charge is 0.159 e. The number of rotatable bonds is 4. The van der Waals surface area contributed by atoms with Crippen molar-refractivity contribution in [1.82, 2.24) is 4.98 Å². The van der Waals surface area contributed by atoms with Crippen LogP contribution in [-0.2, 0) is 10.2 Å². The first-order chi connectivity index (χ1) is 15.5. The zero-order valence-electron chi connectivity index (χ0n) is 22.6. The Labute approximate surface area is 202 Å². The predicted octanol–water partition coefficient (Wildman–Crippen LogP) is 8.76. The minimum absolute atomic E-state index is 0.121. The largest absolute Gasteiger partial charge is 0.359 e. The highest BCUT2D eigenvalue weighted by Gasteiger charge is 2.28. The monoisotopic (exact) mass is 451 g/mol. The third kappa shape index (κ3) is 10.2. The van der Waals surface area contributed by atoms with Crippen LogP contribution in [0.4, 0.5) is 0 Å². The van der Waals surface area contributed by atoms with Crippen molar-refractivity contribution >= 4 is 22.5 Å². The molecule has 0 radical (unpaired) electrons. The maximum atomic E-state index is 11.8. The number of carbonyl (C=O) groups is 2. The molecule has 0 aliphatic carbocycles. The van der Waals surface area contributed by atoms with Crippen LogP contribution in [-0.4, -0.2) is 16.6 Å². The molecule has 0 aliphatic rings. The van der Waals surface area contributed by atoms with Crippen molar-refractivity contribution in [3.63, 3.8) is 0 Å². The number of benzene rings is 2. The topological polar surface area (TPSA) is 49.9 Å². The zero-order chi connectivity index (χ0) is 25.6. The molecule has 0 spiro atoms. The fourth-order valence-corrected chi connectivity index (χ4v) is 2.97. The van der Waals surface area contributed by atoms with Gasteiger partial charge in [0.15, 0.2) is 5.78 Å². The predicted molar refractivity (Wildman–Crippen MR) is 144 cm³/mol. The standard InChI is InChI=1S/C15H19NO.C8H8O.C4H10.C3H8/c1-9-6-14-12(7-10(2)16-14)8-13(9)15(4,5)11(3)17;1-7(9)8-5-3-2-4-6-8;1-3-4-2;1-3-2/h6-8,16H,1-5H3;2-6H,1H3;3-4H2,1-2H3;3H2,1-2H3. The van der Waals surface area contributed by atoms with E-state index < -0.39 is 5.41 Å². The molecule has 33 heavy (non-hydrogen) atoms. The van der Waals surface area contributed by atoms with Gasteiger partial charge >= 0.3 is 0 Å². The number of aromatic amines is 1. The van der Waals surface area contributed by atoms with Gasteiger partial charge in [-0.15, -0.1) is 0 Å². The maximum absolute atomic E-state index is 11.8. The van der Waals surface area contributed by atoms with Crippen LogP contribution in [0.3, 0.4) is 0 Å². The second-order valence-electron chi connectivity index (χ2n) is 9.02. The lowest BCUT2D eigenvalue weighted by molar-refractivity contribution is -0.121. The lowest BCUT2D eigenvalue weighted by Crippen LogP contribution is -2.27. The maximum Gasteiger partial charge on any atom is 0.159 e. The normalized spacial score (nSPS) is 10.1. The third-order valence-electron chi connectivity index (χ3n) is 5.33. The molecular formula is C30H45NO2. The highest BCUT2D eigenvalue weighted by Crippen LogP contribution is 2.31. The zero-order valence-corrected chi connectivity index (χ0v) is 22.6. The van der Waals surface area contributed by atoms with Crippen LogP contribution in [0, 0.1) is 13.8 Å². The van der Waals surface area contributed by atoms with Crippen LogP contribution < -0.4 is 0 Å². The van der Waals surface area contributed by atoms with E-state index in [0.717, 1.165) is 22.3 Å². The van der Waals surface area contributed by atoms with E-state index in [4.69, 9.17) is 0 Å². The molecule has 1 N–H and O–H groups in total. The molecule has 3 nitrogen and oxygen atoms in total. The Kier molecular flexibility index (Phi) is 14.0. The summed E-state index contributed by atoms with van der Waals surface area (Å²) in [5, 5.41) is 1.18. The quantitative estimate of drug-likeness (QED) is 0.403. The Balaban J connectivity index is 0.000000534. The second-order valence-corrected chi connectivity index (χ2v) is 9.02. The average molecular weight is 452 g/mol. The van der Waals surface area contributed by atoms with Gasteiger partial charge in [0.1, 0.15) is 5.78 Å². The molecule has 0 bridgehead atoms. The first-order valence-corrected chi connectivity index (χ1v) is 12.1. The fourth-order valence-electron chi connectivity index (χ4n) is 2.97. The van der Waals surface area contributed by atoms with E-state index in [1.165, 1.54) is 30.2 Å². The summed E-state index contributed by atoms with van der Waals surface area (Å²) in [7, 11) is 0. The number of hydrogen-bond donors (Lipinski definition) is 1. The van der Waals surface area contributed by atoms with Gasteiger partial charge in [-0.25, -0.2) is 0 Å². The van der Waals surface area contributed by atoms with Gasteiger partial charge in [-0.05, 0) is 76.3 Å². The molecule has 0 saturated heterocycles. The summed E-state index contributed by atoms with van der Waals surface area (Å²) in [6.07, 6.45) is 3.89. The number of aryl methyl sites for hydroxylation is 2. The first-order valence-electron chi connectivity index (χ1n) is 12.1. The summed E-state index contributed by atoms with van der Waals surface area (Å²) >= 11 is 0. The van der Waals surface area contributed by atoms with Crippen LogP contribution >= 0.6 is 0 Å². The van der Waals surface area contributed by atoms with E-state index in [1.807, 2.05) is 51.1 Å². The van der Waals surface area contributed by atoms with E-state index in [-0.39, 0.29) is 11.6 Å². The van der Waals surface area contributed by atoms with E-state index in [9.17, 15) is 9.59 Å². The molecule has 0 unspecified atom stereocenters. The average Bonchev–Trinajstić information content (AvgIpc) is 3.13. The molecule has 0 atom stereocenters. The number of aromatic nitrogens is 1. The van der Waals surface area contributed by atoms with Gasteiger partial charge in [0, 0.05) is 22.2 Å². The number of unbranched alkanes of at least 4 members (excludes halogenated alkanes) is 1. The lowest BCUT2D eigenvalue weighted by Gasteiger charge is -2.24. The van der Waals surface area contributed by atoms with Crippen molar-refractivity contribution in [1.29, 1.82) is 0 Å². The molecule has 0 amide bonds. The van der Waals surface area contributed by atoms with E-state index in [0.29, 0.717) is 0 Å². The van der Waals surface area contributed by atoms with Crippen molar-refractivity contribution in [2.45, 2.75) is 93.9 Å². The summed E-state index contributed by atoms with van der Waals surface area (Å²) in [6.45, 7) is 19.9. The minimum atomic E-state index is -0.413. The molecule has 3 rings (SSSR count). The number of fused-ring (bicyclic) bond motifs is 1. The van der Waals surface area contributed by atoms with Crippen molar-refractivity contribution < 1.29 is 9.59 Å². The number of H-pyrrole nitrogens is 1. The van der Waals surface area contributed by atoms with Crippen LogP contribution in [0.25, 0.3) is 10.9 Å². The van der Waals surface area contributed by atoms with Gasteiger partial charge in [0.05, 0.1) is 0 Å². The second kappa shape index (κ2) is 15.2. The van der Waals surface area contributed by atoms with Crippen molar-refractivity contribution in [2.75, 3.05) is 0 Å². The third-order valence-corrected chi connectivity index (χ3v) is 5.33. The highest BCUT2D eigenvalue weighted by molar-refractivity contribution is 5.94. The number of nitrogens with one attached hydrogen (secondary N) is 1. The summed E-state index contributed by atoms with van der Waals surface area (Å²) < 4.78 is 0. The first kappa shape index (κ1) is 30.3. The van der Waals surface area contributed by atoms with Gasteiger partial charge < -0.3 is 4.98 Å². The fraction of sp³-hybridized carbons (Fsp3) is 0.467. The number of carbonyl (C=O) groups excluding carboxylic acids is 2. The Hall–Kier alpha value is -2.68. The van der Waals surface area contributed by atoms with E-state index in [2.05, 4.69) is 57.8 Å². The lowest BCUT2D eigenvalue weighted by atomic mass is 9.78. The molecular weight excluding hydrogens is 406 g/mol. The molecule has 3 aromatic rings. The summed E-state index contributed by atoms with van der Waals surface area (Å²) in [4.78, 5) is 25.7. The molecule has 1 aromatic heterocycles. The summed E-state index contributed by atoms with van der Waals surface area (Å²) in [5.41, 5.74) is 4.94. The van der Waals surface area contributed by atoms with E-state index >= 15 is 0 Å². The number of hydrogen-bond acceptors (Lipinski definition) is 2. The minimum Gasteiger partial charge on any atom is -0.359 e. The Morgan fingerprint density at radius 3 is 1.76 bits per heavy atom. The number of Topliss-reactive ketones (excluding diaryl/α,β-unsaturated/α-hetero) is 2.